The van der Waals surface area contributed by atoms with Crippen LogP contribution < -0.4 is 24.3 Å². The molecule has 2 N–H and O–H groups in total. The first-order chi connectivity index (χ1) is 22.5. The Morgan fingerprint density at radius 1 is 0.915 bits per heavy atom. The molecule has 252 valence electrons. The average molecular weight is 649 g/mol. The second kappa shape index (κ2) is 15.7. The van der Waals surface area contributed by atoms with Crippen LogP contribution in [0, 0.1) is 0 Å². The van der Waals surface area contributed by atoms with Crippen LogP contribution in [0.1, 0.15) is 62.8 Å². The second-order valence-corrected chi connectivity index (χ2v) is 12.1. The van der Waals surface area contributed by atoms with Gasteiger partial charge in [-0.1, -0.05) is 12.1 Å². The molecule has 1 aliphatic rings. The molecule has 11 heteroatoms. The van der Waals surface area contributed by atoms with Gasteiger partial charge in [0.1, 0.15) is 28.6 Å². The lowest BCUT2D eigenvalue weighted by Crippen LogP contribution is -2.48. The van der Waals surface area contributed by atoms with E-state index in [9.17, 15) is 9.59 Å². The van der Waals surface area contributed by atoms with Crippen LogP contribution in [-0.2, 0) is 25.6 Å². The zero-order valence-electron chi connectivity index (χ0n) is 27.8. The van der Waals surface area contributed by atoms with E-state index in [4.69, 9.17) is 38.5 Å². The number of aliphatic imine (C=N–C) groups is 1. The number of nitrogens with one attached hydrogen (secondary N) is 1. The quantitative estimate of drug-likeness (QED) is 0.169. The Balaban J connectivity index is 1.75. The fraction of sp³-hybridized carbons (Fsp3) is 0.417. The van der Waals surface area contributed by atoms with Crippen LogP contribution in [0.3, 0.4) is 0 Å². The number of carbonyl (C=O) groups is 2. The number of aliphatic hydroxyl groups is 1. The topological polar surface area (TPSA) is 134 Å². The van der Waals surface area contributed by atoms with Gasteiger partial charge in [0.2, 0.25) is 5.90 Å². The minimum atomic E-state index is -1.56. The molecule has 47 heavy (non-hydrogen) atoms. The highest BCUT2D eigenvalue weighted by atomic mass is 16.6. The van der Waals surface area contributed by atoms with Gasteiger partial charge in [0.15, 0.2) is 11.6 Å². The molecule has 0 fully saturated rings. The zero-order valence-corrected chi connectivity index (χ0v) is 27.8. The Morgan fingerprint density at radius 3 is 2.21 bits per heavy atom. The molecule has 0 aliphatic carbocycles. The number of rotatable bonds is 15. The van der Waals surface area contributed by atoms with E-state index in [2.05, 4.69) is 5.32 Å². The van der Waals surface area contributed by atoms with Gasteiger partial charge in [0.25, 0.3) is 5.91 Å². The van der Waals surface area contributed by atoms with Crippen LogP contribution in [0.15, 0.2) is 71.7 Å². The smallest absolute Gasteiger partial charge is 0.306 e. The van der Waals surface area contributed by atoms with Gasteiger partial charge in [0, 0.05) is 37.6 Å². The van der Waals surface area contributed by atoms with Crippen LogP contribution in [-0.4, -0.2) is 68.6 Å². The number of amides is 1. The van der Waals surface area contributed by atoms with Crippen molar-refractivity contribution in [3.8, 4) is 23.0 Å². The van der Waals surface area contributed by atoms with E-state index in [0.717, 1.165) is 5.56 Å². The molecule has 11 nitrogen and oxygen atoms in total. The molecule has 0 unspecified atom stereocenters. The molecule has 4 rings (SSSR count). The van der Waals surface area contributed by atoms with E-state index in [1.54, 1.807) is 96.7 Å². The number of aliphatic hydroxyl groups excluding tert-OH is 1. The molecule has 1 heterocycles. The Bertz CT molecular complexity index is 1530. The molecule has 3 aromatic carbocycles. The van der Waals surface area contributed by atoms with Crippen molar-refractivity contribution in [2.24, 2.45) is 4.99 Å². The maximum atomic E-state index is 14.5. The molecule has 0 radical (unpaired) electrons. The van der Waals surface area contributed by atoms with Crippen molar-refractivity contribution in [1.29, 1.82) is 0 Å². The third-order valence-electron chi connectivity index (χ3n) is 7.42. The molecule has 1 amide bonds. The Labute approximate surface area is 275 Å². The summed E-state index contributed by atoms with van der Waals surface area (Å²) in [7, 11) is 4.68. The highest BCUT2D eigenvalue weighted by Crippen LogP contribution is 2.44. The maximum absolute atomic E-state index is 14.5. The minimum Gasteiger partial charge on any atom is -0.497 e. The highest BCUT2D eigenvalue weighted by molar-refractivity contribution is 6.01. The van der Waals surface area contributed by atoms with Crippen LogP contribution >= 0.6 is 0 Å². The van der Waals surface area contributed by atoms with Gasteiger partial charge in [-0.15, -0.1) is 0 Å². The molecular formula is C36H44N2O9. The van der Waals surface area contributed by atoms with E-state index in [0.29, 0.717) is 47.2 Å². The number of hydrogen-bond acceptors (Lipinski definition) is 10. The molecule has 3 aromatic rings. The largest absolute Gasteiger partial charge is 0.497 e. The van der Waals surface area contributed by atoms with Crippen molar-refractivity contribution < 1.29 is 43.1 Å². The van der Waals surface area contributed by atoms with E-state index in [1.807, 2.05) is 12.1 Å². The molecule has 2 atom stereocenters. The summed E-state index contributed by atoms with van der Waals surface area (Å²) in [6.45, 7) is 5.92. The lowest BCUT2D eigenvalue weighted by atomic mass is 9.83. The summed E-state index contributed by atoms with van der Waals surface area (Å²) in [6.07, 6.45) is -0.480. The van der Waals surface area contributed by atoms with Gasteiger partial charge in [0.05, 0.1) is 27.9 Å². The third-order valence-corrected chi connectivity index (χ3v) is 7.42. The first-order valence-electron chi connectivity index (χ1n) is 15.5. The Hall–Kier alpha value is -4.77. The monoisotopic (exact) mass is 648 g/mol. The van der Waals surface area contributed by atoms with E-state index in [1.165, 1.54) is 0 Å². The van der Waals surface area contributed by atoms with Crippen LogP contribution in [0.25, 0.3) is 0 Å². The van der Waals surface area contributed by atoms with Crippen molar-refractivity contribution in [2.45, 2.75) is 63.8 Å². The highest BCUT2D eigenvalue weighted by Gasteiger charge is 2.53. The first kappa shape index (κ1) is 35.1. The third kappa shape index (κ3) is 9.16. The molecule has 0 bridgehead atoms. The van der Waals surface area contributed by atoms with Crippen molar-refractivity contribution in [1.82, 2.24) is 5.32 Å². The van der Waals surface area contributed by atoms with Crippen molar-refractivity contribution in [3.05, 3.63) is 83.4 Å². The summed E-state index contributed by atoms with van der Waals surface area (Å²) < 4.78 is 34.1. The lowest BCUT2D eigenvalue weighted by Gasteiger charge is -2.31. The van der Waals surface area contributed by atoms with Crippen molar-refractivity contribution in [3.63, 3.8) is 0 Å². The zero-order chi connectivity index (χ0) is 34.0. The SMILES string of the molecule is COc1cc(CNC(=O)[C@]2(CCC(=O)OC(C)(C)C)N=C(c3ccc(OCCCO)cc3)O[C@@H]2c2cccc(OC)c2)cc(OC)c1. The van der Waals surface area contributed by atoms with Crippen molar-refractivity contribution in [2.75, 3.05) is 34.5 Å². The summed E-state index contributed by atoms with van der Waals surface area (Å²) in [5, 5.41) is 12.1. The maximum Gasteiger partial charge on any atom is 0.306 e. The first-order valence-corrected chi connectivity index (χ1v) is 15.5. The summed E-state index contributed by atoms with van der Waals surface area (Å²) in [6, 6.07) is 19.7. The molecule has 0 aromatic heterocycles. The van der Waals surface area contributed by atoms with Gasteiger partial charge in [-0.05, 0) is 86.8 Å². The molecule has 0 saturated heterocycles. The fourth-order valence-electron chi connectivity index (χ4n) is 5.16. The van der Waals surface area contributed by atoms with Gasteiger partial charge in [-0.3, -0.25) is 9.59 Å². The standard InChI is InChI=1S/C36H44N2O9/c1-35(2,3)47-31(40)15-16-36(34(41)37-23-24-19-29(43-5)22-30(20-24)44-6)32(26-9-7-10-28(21-26)42-4)46-33(38-36)25-11-13-27(14-12-25)45-18-8-17-39/h7,9-14,19-22,32,39H,8,15-18,23H2,1-6H3,(H,37,41)/t32-,36-/m1/s1. The minimum absolute atomic E-state index is 0.00289. The average Bonchev–Trinajstić information content (AvgIpc) is 3.46. The van der Waals surface area contributed by atoms with Gasteiger partial charge < -0.3 is 38.8 Å². The Kier molecular flexibility index (Phi) is 11.7. The number of carbonyl (C=O) groups excluding carboxylic acids is 2. The summed E-state index contributed by atoms with van der Waals surface area (Å²) in [5.74, 6) is 1.70. The summed E-state index contributed by atoms with van der Waals surface area (Å²) in [5.41, 5.74) is -0.246. The van der Waals surface area contributed by atoms with Gasteiger partial charge in [-0.2, -0.15) is 0 Å². The number of esters is 1. The lowest BCUT2D eigenvalue weighted by molar-refractivity contribution is -0.155. The van der Waals surface area contributed by atoms with E-state index in [-0.39, 0.29) is 31.9 Å². The van der Waals surface area contributed by atoms with Crippen LogP contribution in [0.2, 0.25) is 0 Å². The van der Waals surface area contributed by atoms with E-state index >= 15 is 0 Å². The van der Waals surface area contributed by atoms with Gasteiger partial charge in [-0.25, -0.2) is 4.99 Å². The van der Waals surface area contributed by atoms with Gasteiger partial charge >= 0.3 is 5.97 Å². The van der Waals surface area contributed by atoms with E-state index < -0.39 is 29.1 Å². The molecule has 0 spiro atoms. The number of hydrogen-bond donors (Lipinski definition) is 2. The number of ether oxygens (including phenoxy) is 6. The normalized spacial score (nSPS) is 17.3. The molecule has 1 aliphatic heterocycles. The fourth-order valence-corrected chi connectivity index (χ4v) is 5.16. The van der Waals surface area contributed by atoms with Crippen LogP contribution in [0.4, 0.5) is 0 Å². The number of nitrogens with zero attached hydrogens (tertiary/aromatic N) is 1. The number of benzene rings is 3. The Morgan fingerprint density at radius 2 is 1.60 bits per heavy atom. The predicted molar refractivity (Wildman–Crippen MR) is 176 cm³/mol. The van der Waals surface area contributed by atoms with Crippen LogP contribution in [0.5, 0.6) is 23.0 Å². The molecular weight excluding hydrogens is 604 g/mol. The second-order valence-electron chi connectivity index (χ2n) is 12.1. The summed E-state index contributed by atoms with van der Waals surface area (Å²) >= 11 is 0. The van der Waals surface area contributed by atoms with Crippen molar-refractivity contribution >= 4 is 17.8 Å². The molecule has 0 saturated carbocycles. The number of methoxy groups -OCH3 is 3. The summed E-state index contributed by atoms with van der Waals surface area (Å²) in [4.78, 5) is 32.5. The predicted octanol–water partition coefficient (Wildman–Crippen LogP) is 5.17.